The first-order valence-electron chi connectivity index (χ1n) is 7.49. The fourth-order valence-electron chi connectivity index (χ4n) is 2.66. The highest BCUT2D eigenvalue weighted by Gasteiger charge is 2.32. The van der Waals surface area contributed by atoms with Crippen LogP contribution in [0, 0.1) is 5.41 Å². The third-order valence-corrected chi connectivity index (χ3v) is 4.31. The number of ether oxygens (including phenoxy) is 1. The maximum atomic E-state index is 6.12. The summed E-state index contributed by atoms with van der Waals surface area (Å²) >= 11 is 12.1. The maximum absolute atomic E-state index is 6.12. The topological polar surface area (TPSA) is 21.3 Å². The summed E-state index contributed by atoms with van der Waals surface area (Å²) in [5, 5.41) is 4.81. The van der Waals surface area contributed by atoms with Gasteiger partial charge >= 0.3 is 0 Å². The van der Waals surface area contributed by atoms with Crippen LogP contribution >= 0.6 is 23.2 Å². The van der Waals surface area contributed by atoms with Gasteiger partial charge in [-0.2, -0.15) is 0 Å². The Morgan fingerprint density at radius 1 is 1.19 bits per heavy atom. The summed E-state index contributed by atoms with van der Waals surface area (Å²) in [6, 6.07) is 6.08. The Hall–Kier alpha value is -0.280. The zero-order chi connectivity index (χ0) is 16.0. The minimum absolute atomic E-state index is 0.0659. The van der Waals surface area contributed by atoms with Gasteiger partial charge in [0.2, 0.25) is 0 Å². The smallest absolute Gasteiger partial charge is 0.0775 e. The van der Waals surface area contributed by atoms with Crippen molar-refractivity contribution in [3.05, 3.63) is 33.8 Å². The molecule has 2 nitrogen and oxygen atoms in total. The van der Waals surface area contributed by atoms with E-state index in [2.05, 4.69) is 33.0 Å². The number of methoxy groups -OCH3 is 1. The van der Waals surface area contributed by atoms with Crippen molar-refractivity contribution >= 4 is 23.2 Å². The summed E-state index contributed by atoms with van der Waals surface area (Å²) in [4.78, 5) is 0. The van der Waals surface area contributed by atoms with E-state index in [-0.39, 0.29) is 17.6 Å². The number of hydrogen-bond acceptors (Lipinski definition) is 2. The Morgan fingerprint density at radius 2 is 1.86 bits per heavy atom. The van der Waals surface area contributed by atoms with E-state index in [1.807, 2.05) is 18.2 Å². The van der Waals surface area contributed by atoms with Crippen molar-refractivity contribution in [1.82, 2.24) is 5.32 Å². The molecule has 0 aliphatic carbocycles. The lowest BCUT2D eigenvalue weighted by Crippen LogP contribution is -2.49. The van der Waals surface area contributed by atoms with Gasteiger partial charge in [-0.15, -0.1) is 0 Å². The van der Waals surface area contributed by atoms with Gasteiger partial charge in [0.25, 0.3) is 0 Å². The van der Waals surface area contributed by atoms with Gasteiger partial charge in [-0.25, -0.2) is 0 Å². The van der Waals surface area contributed by atoms with Crippen LogP contribution in [0.5, 0.6) is 0 Å². The first kappa shape index (κ1) is 18.8. The third kappa shape index (κ3) is 5.78. The van der Waals surface area contributed by atoms with Gasteiger partial charge in [0, 0.05) is 13.2 Å². The molecule has 1 N–H and O–H groups in total. The molecule has 0 aliphatic heterocycles. The second-order valence-corrected chi connectivity index (χ2v) is 7.35. The zero-order valence-electron chi connectivity index (χ0n) is 13.7. The lowest BCUT2D eigenvalue weighted by molar-refractivity contribution is -0.0109. The fourth-order valence-corrected chi connectivity index (χ4v) is 2.98. The first-order chi connectivity index (χ1) is 9.79. The molecular weight excluding hydrogens is 305 g/mol. The molecule has 0 saturated carbocycles. The fraction of sp³-hybridized carbons (Fsp3) is 0.647. The third-order valence-electron chi connectivity index (χ3n) is 3.57. The Bertz CT molecular complexity index is 443. The standard InChI is InChI=1S/C17H27Cl2NO/c1-6-9-20-15(16(21-5)17(2,3)4)11-12-7-8-13(18)14(19)10-12/h7-8,10,15-16,20H,6,9,11H2,1-5H3. The lowest BCUT2D eigenvalue weighted by atomic mass is 9.82. The largest absolute Gasteiger partial charge is 0.379 e. The monoisotopic (exact) mass is 331 g/mol. The highest BCUT2D eigenvalue weighted by Crippen LogP contribution is 2.28. The van der Waals surface area contributed by atoms with Crippen LogP contribution in [0.1, 0.15) is 39.7 Å². The summed E-state index contributed by atoms with van der Waals surface area (Å²) in [6.07, 6.45) is 2.09. The van der Waals surface area contributed by atoms with E-state index < -0.39 is 0 Å². The summed E-state index contributed by atoms with van der Waals surface area (Å²) in [6.45, 7) is 9.76. The molecule has 2 unspecified atom stereocenters. The molecule has 4 heteroatoms. The molecule has 0 aliphatic rings. The number of nitrogens with one attached hydrogen (secondary N) is 1. The van der Waals surface area contributed by atoms with Gasteiger partial charge in [-0.1, -0.05) is 57.0 Å². The van der Waals surface area contributed by atoms with E-state index in [4.69, 9.17) is 27.9 Å². The Kier molecular flexibility index (Phi) is 7.49. The van der Waals surface area contributed by atoms with E-state index in [0.717, 1.165) is 19.4 Å². The van der Waals surface area contributed by atoms with Crippen molar-refractivity contribution in [1.29, 1.82) is 0 Å². The molecule has 0 amide bonds. The molecule has 2 atom stereocenters. The van der Waals surface area contributed by atoms with Crippen molar-refractivity contribution in [2.45, 2.75) is 52.7 Å². The maximum Gasteiger partial charge on any atom is 0.0775 e. The van der Waals surface area contributed by atoms with E-state index in [9.17, 15) is 0 Å². The van der Waals surface area contributed by atoms with Crippen molar-refractivity contribution < 1.29 is 4.74 Å². The minimum atomic E-state index is 0.0659. The van der Waals surface area contributed by atoms with E-state index in [1.54, 1.807) is 7.11 Å². The lowest BCUT2D eigenvalue weighted by Gasteiger charge is -2.36. The van der Waals surface area contributed by atoms with Crippen LogP contribution in [-0.2, 0) is 11.2 Å². The molecule has 0 radical (unpaired) electrons. The molecule has 1 rings (SSSR count). The normalized spacial score (nSPS) is 15.0. The molecule has 0 fully saturated rings. The number of halogens is 2. The minimum Gasteiger partial charge on any atom is -0.379 e. The molecule has 0 aromatic heterocycles. The van der Waals surface area contributed by atoms with Crippen LogP contribution in [0.25, 0.3) is 0 Å². The number of rotatable bonds is 7. The van der Waals surface area contributed by atoms with E-state index in [0.29, 0.717) is 10.0 Å². The molecule has 1 aromatic carbocycles. The highest BCUT2D eigenvalue weighted by atomic mass is 35.5. The molecule has 0 spiro atoms. The molecule has 21 heavy (non-hydrogen) atoms. The van der Waals surface area contributed by atoms with Crippen LogP contribution in [-0.4, -0.2) is 25.8 Å². The second-order valence-electron chi connectivity index (χ2n) is 6.54. The van der Waals surface area contributed by atoms with Gasteiger partial charge in [0.1, 0.15) is 0 Å². The molecule has 120 valence electrons. The van der Waals surface area contributed by atoms with Gasteiger partial charge in [-0.05, 0) is 42.5 Å². The van der Waals surface area contributed by atoms with Crippen molar-refractivity contribution in [3.8, 4) is 0 Å². The second kappa shape index (κ2) is 8.38. The molecule has 1 aromatic rings. The molecule has 0 heterocycles. The van der Waals surface area contributed by atoms with E-state index in [1.165, 1.54) is 5.56 Å². The average Bonchev–Trinajstić information content (AvgIpc) is 2.39. The van der Waals surface area contributed by atoms with Gasteiger partial charge in [-0.3, -0.25) is 0 Å². The number of benzene rings is 1. The van der Waals surface area contributed by atoms with Gasteiger partial charge < -0.3 is 10.1 Å². The van der Waals surface area contributed by atoms with E-state index >= 15 is 0 Å². The quantitative estimate of drug-likeness (QED) is 0.761. The van der Waals surface area contributed by atoms with Crippen molar-refractivity contribution in [2.24, 2.45) is 5.41 Å². The predicted octanol–water partition coefficient (Wildman–Crippen LogP) is 4.97. The summed E-state index contributed by atoms with van der Waals surface area (Å²) in [5.74, 6) is 0. The Morgan fingerprint density at radius 3 is 2.33 bits per heavy atom. The summed E-state index contributed by atoms with van der Waals surface area (Å²) < 4.78 is 5.78. The van der Waals surface area contributed by atoms with Crippen LogP contribution < -0.4 is 5.32 Å². The Balaban J connectivity index is 2.93. The summed E-state index contributed by atoms with van der Waals surface area (Å²) in [7, 11) is 1.78. The first-order valence-corrected chi connectivity index (χ1v) is 8.25. The average molecular weight is 332 g/mol. The zero-order valence-corrected chi connectivity index (χ0v) is 15.2. The van der Waals surface area contributed by atoms with Crippen LogP contribution in [0.3, 0.4) is 0 Å². The SMILES string of the molecule is CCCNC(Cc1ccc(Cl)c(Cl)c1)C(OC)C(C)(C)C. The molecular formula is C17H27Cl2NO. The van der Waals surface area contributed by atoms with Crippen LogP contribution in [0.4, 0.5) is 0 Å². The molecule has 0 saturated heterocycles. The van der Waals surface area contributed by atoms with Gasteiger partial charge in [0.15, 0.2) is 0 Å². The Labute approximate surface area is 139 Å². The van der Waals surface area contributed by atoms with Crippen LogP contribution in [0.2, 0.25) is 10.0 Å². The van der Waals surface area contributed by atoms with Crippen molar-refractivity contribution in [2.75, 3.05) is 13.7 Å². The van der Waals surface area contributed by atoms with Gasteiger partial charge in [0.05, 0.1) is 16.1 Å². The predicted molar refractivity (Wildman–Crippen MR) is 92.5 cm³/mol. The number of hydrogen-bond donors (Lipinski definition) is 1. The molecule has 0 bridgehead atoms. The summed E-state index contributed by atoms with van der Waals surface area (Å²) in [5.41, 5.74) is 1.24. The van der Waals surface area contributed by atoms with Crippen molar-refractivity contribution in [3.63, 3.8) is 0 Å². The highest BCUT2D eigenvalue weighted by molar-refractivity contribution is 6.42. The van der Waals surface area contributed by atoms with Crippen LogP contribution in [0.15, 0.2) is 18.2 Å².